The molecule has 0 spiro atoms. The third kappa shape index (κ3) is 3.96. The highest BCUT2D eigenvalue weighted by Crippen LogP contribution is 2.27. The summed E-state index contributed by atoms with van der Waals surface area (Å²) in [5.74, 6) is 0.507. The molecular weight excluding hydrogens is 288 g/mol. The lowest BCUT2D eigenvalue weighted by molar-refractivity contribution is -0.119. The molecule has 1 heterocycles. The van der Waals surface area contributed by atoms with Gasteiger partial charge in [0.25, 0.3) is 0 Å². The summed E-state index contributed by atoms with van der Waals surface area (Å²) in [4.78, 5) is 13.6. The van der Waals surface area contributed by atoms with Crippen LogP contribution in [0.25, 0.3) is 0 Å². The van der Waals surface area contributed by atoms with E-state index in [1.54, 1.807) is 0 Å². The van der Waals surface area contributed by atoms with Crippen LogP contribution < -0.4 is 21.7 Å². The summed E-state index contributed by atoms with van der Waals surface area (Å²) < 4.78 is 0. The zero-order valence-electron chi connectivity index (χ0n) is 13.7. The van der Waals surface area contributed by atoms with Crippen LogP contribution in [0.2, 0.25) is 0 Å². The number of hydrogen-bond donors (Lipinski definition) is 3. The fourth-order valence-electron chi connectivity index (χ4n) is 3.80. The molecule has 3 rings (SSSR count). The molecule has 5 heteroatoms. The van der Waals surface area contributed by atoms with Crippen molar-refractivity contribution in [3.05, 3.63) is 24.3 Å². The molecule has 0 radical (unpaired) electrons. The van der Waals surface area contributed by atoms with Crippen LogP contribution in [0.5, 0.6) is 0 Å². The number of nitrogens with one attached hydrogen (secondary N) is 1. The Bertz CT molecular complexity index is 522. The van der Waals surface area contributed by atoms with Crippen LogP contribution in [0.15, 0.2) is 24.3 Å². The van der Waals surface area contributed by atoms with Gasteiger partial charge in [-0.25, -0.2) is 0 Å². The van der Waals surface area contributed by atoms with Crippen molar-refractivity contribution in [2.45, 2.75) is 50.6 Å². The molecule has 1 saturated carbocycles. The molecule has 5 N–H and O–H groups in total. The Hall–Kier alpha value is -1.75. The zero-order chi connectivity index (χ0) is 16.2. The molecule has 0 unspecified atom stereocenters. The van der Waals surface area contributed by atoms with Gasteiger partial charge in [-0.05, 0) is 68.7 Å². The Balaban J connectivity index is 1.54. The zero-order valence-corrected chi connectivity index (χ0v) is 13.7. The smallest absolute Gasteiger partial charge is 0.240 e. The van der Waals surface area contributed by atoms with E-state index < -0.39 is 0 Å². The van der Waals surface area contributed by atoms with Crippen molar-refractivity contribution < 1.29 is 4.79 Å². The molecule has 23 heavy (non-hydrogen) atoms. The highest BCUT2D eigenvalue weighted by atomic mass is 16.1. The van der Waals surface area contributed by atoms with E-state index in [9.17, 15) is 4.79 Å². The number of benzene rings is 1. The van der Waals surface area contributed by atoms with Gasteiger partial charge in [-0.1, -0.05) is 0 Å². The fourth-order valence-corrected chi connectivity index (χ4v) is 3.80. The van der Waals surface area contributed by atoms with E-state index in [0.717, 1.165) is 56.1 Å². The second-order valence-corrected chi connectivity index (χ2v) is 6.96. The molecule has 1 aromatic carbocycles. The van der Waals surface area contributed by atoms with E-state index in [1.807, 2.05) is 0 Å². The Labute approximate surface area is 138 Å². The number of anilines is 2. The number of carbonyl (C=O) groups excluding carboxylic acids is 1. The quantitative estimate of drug-likeness (QED) is 0.776. The van der Waals surface area contributed by atoms with Gasteiger partial charge in [-0.15, -0.1) is 0 Å². The normalized spacial score (nSPS) is 27.9. The van der Waals surface area contributed by atoms with Gasteiger partial charge in [-0.3, -0.25) is 4.79 Å². The summed E-state index contributed by atoms with van der Waals surface area (Å²) >= 11 is 0. The largest absolute Gasteiger partial charge is 0.385 e. The second kappa shape index (κ2) is 7.21. The summed E-state index contributed by atoms with van der Waals surface area (Å²) in [6, 6.07) is 8.62. The van der Waals surface area contributed by atoms with E-state index in [0.29, 0.717) is 6.04 Å². The summed E-state index contributed by atoms with van der Waals surface area (Å²) in [6.07, 6.45) is 6.63. The van der Waals surface area contributed by atoms with Crippen molar-refractivity contribution in [1.29, 1.82) is 0 Å². The molecule has 1 saturated heterocycles. The third-order valence-corrected chi connectivity index (χ3v) is 5.27. The van der Waals surface area contributed by atoms with E-state index in [4.69, 9.17) is 11.5 Å². The van der Waals surface area contributed by atoms with E-state index in [1.165, 1.54) is 12.8 Å². The van der Waals surface area contributed by atoms with Gasteiger partial charge in [0.05, 0.1) is 0 Å². The number of hydrogen-bond acceptors (Lipinski definition) is 4. The standard InChI is InChI=1S/C18H28N4O/c19-14-5-3-13(4-6-14)12-21-15-7-9-16(10-8-15)22-11-1-2-17(22)18(20)23/h7-10,13-14,17,21H,1-6,11-12,19H2,(H2,20,23)/t13-,14-,17-/m0/s1. The monoisotopic (exact) mass is 316 g/mol. The van der Waals surface area contributed by atoms with Crippen LogP contribution >= 0.6 is 0 Å². The molecule has 2 aliphatic rings. The van der Waals surface area contributed by atoms with Crippen LogP contribution in [0.3, 0.4) is 0 Å². The summed E-state index contributed by atoms with van der Waals surface area (Å²) in [5, 5.41) is 3.53. The fraction of sp³-hybridized carbons (Fsp3) is 0.611. The van der Waals surface area contributed by atoms with E-state index >= 15 is 0 Å². The van der Waals surface area contributed by atoms with E-state index in [2.05, 4.69) is 34.5 Å². The van der Waals surface area contributed by atoms with Crippen LogP contribution in [-0.4, -0.2) is 31.1 Å². The molecule has 2 fully saturated rings. The van der Waals surface area contributed by atoms with Crippen LogP contribution in [0, 0.1) is 5.92 Å². The molecule has 1 aromatic rings. The van der Waals surface area contributed by atoms with Gasteiger partial charge in [0, 0.05) is 30.5 Å². The SMILES string of the molecule is NC(=O)[C@@H]1CCCN1c1ccc(NC[C@H]2CC[C@H](N)CC2)cc1. The summed E-state index contributed by atoms with van der Waals surface area (Å²) in [7, 11) is 0. The van der Waals surface area contributed by atoms with Crippen molar-refractivity contribution in [3.63, 3.8) is 0 Å². The first kappa shape index (κ1) is 16.1. The van der Waals surface area contributed by atoms with Crippen LogP contribution in [0.1, 0.15) is 38.5 Å². The predicted octanol–water partition coefficient (Wildman–Crippen LogP) is 2.07. The minimum atomic E-state index is -0.222. The van der Waals surface area contributed by atoms with Crippen molar-refractivity contribution in [3.8, 4) is 0 Å². The van der Waals surface area contributed by atoms with Crippen molar-refractivity contribution in [1.82, 2.24) is 0 Å². The van der Waals surface area contributed by atoms with Crippen LogP contribution in [0.4, 0.5) is 11.4 Å². The number of rotatable bonds is 5. The predicted molar refractivity (Wildman–Crippen MR) is 94.4 cm³/mol. The molecular formula is C18H28N4O. The minimum absolute atomic E-state index is 0.153. The first-order chi connectivity index (χ1) is 11.1. The lowest BCUT2D eigenvalue weighted by Crippen LogP contribution is -2.40. The number of nitrogens with zero attached hydrogens (tertiary/aromatic N) is 1. The molecule has 1 aliphatic heterocycles. The second-order valence-electron chi connectivity index (χ2n) is 6.96. The van der Waals surface area contributed by atoms with Gasteiger partial charge in [0.1, 0.15) is 6.04 Å². The van der Waals surface area contributed by atoms with Crippen molar-refractivity contribution in [2.24, 2.45) is 17.4 Å². The highest BCUT2D eigenvalue weighted by Gasteiger charge is 2.29. The molecule has 1 amide bonds. The average Bonchev–Trinajstić information content (AvgIpc) is 3.05. The minimum Gasteiger partial charge on any atom is -0.385 e. The Morgan fingerprint density at radius 1 is 1.13 bits per heavy atom. The first-order valence-electron chi connectivity index (χ1n) is 8.79. The maximum atomic E-state index is 11.5. The van der Waals surface area contributed by atoms with Gasteiger partial charge < -0.3 is 21.7 Å². The molecule has 1 atom stereocenters. The van der Waals surface area contributed by atoms with Crippen molar-refractivity contribution in [2.75, 3.05) is 23.3 Å². The molecule has 1 aliphatic carbocycles. The highest BCUT2D eigenvalue weighted by molar-refractivity contribution is 5.84. The summed E-state index contributed by atoms with van der Waals surface area (Å²) in [6.45, 7) is 1.92. The topological polar surface area (TPSA) is 84.4 Å². The Kier molecular flexibility index (Phi) is 5.06. The van der Waals surface area contributed by atoms with Gasteiger partial charge in [0.2, 0.25) is 5.91 Å². The molecule has 0 bridgehead atoms. The number of nitrogens with two attached hydrogens (primary N) is 2. The molecule has 126 valence electrons. The van der Waals surface area contributed by atoms with E-state index in [-0.39, 0.29) is 11.9 Å². The van der Waals surface area contributed by atoms with Gasteiger partial charge in [-0.2, -0.15) is 0 Å². The summed E-state index contributed by atoms with van der Waals surface area (Å²) in [5.41, 5.74) is 13.7. The lowest BCUT2D eigenvalue weighted by atomic mass is 9.86. The lowest BCUT2D eigenvalue weighted by Gasteiger charge is -2.27. The van der Waals surface area contributed by atoms with Gasteiger partial charge in [0.15, 0.2) is 0 Å². The maximum Gasteiger partial charge on any atom is 0.240 e. The first-order valence-corrected chi connectivity index (χ1v) is 8.79. The van der Waals surface area contributed by atoms with Crippen molar-refractivity contribution >= 4 is 17.3 Å². The van der Waals surface area contributed by atoms with Gasteiger partial charge >= 0.3 is 0 Å². The molecule has 0 aromatic heterocycles. The maximum absolute atomic E-state index is 11.5. The average molecular weight is 316 g/mol. The third-order valence-electron chi connectivity index (χ3n) is 5.27. The Morgan fingerprint density at radius 3 is 2.48 bits per heavy atom. The number of amides is 1. The molecule has 5 nitrogen and oxygen atoms in total. The number of primary amides is 1. The number of carbonyl (C=O) groups is 1. The Morgan fingerprint density at radius 2 is 1.83 bits per heavy atom. The van der Waals surface area contributed by atoms with Crippen LogP contribution in [-0.2, 0) is 4.79 Å².